The minimum absolute atomic E-state index is 0.247. The van der Waals surface area contributed by atoms with Gasteiger partial charge in [-0.05, 0) is 48.9 Å². The van der Waals surface area contributed by atoms with Crippen molar-refractivity contribution in [1.82, 2.24) is 29.4 Å². The molecule has 0 radical (unpaired) electrons. The van der Waals surface area contributed by atoms with Crippen LogP contribution in [0.1, 0.15) is 11.4 Å². The molecule has 3 heterocycles. The fourth-order valence-corrected chi connectivity index (χ4v) is 3.18. The molecule has 28 heavy (non-hydrogen) atoms. The molecule has 8 heteroatoms. The molecule has 5 aromatic rings. The number of nitrogens with zero attached hydrogens (tertiary/aromatic N) is 6. The lowest BCUT2D eigenvalue weighted by molar-refractivity contribution is 0.296. The van der Waals surface area contributed by atoms with Gasteiger partial charge in [-0.3, -0.25) is 0 Å². The van der Waals surface area contributed by atoms with E-state index in [9.17, 15) is 0 Å². The maximum atomic E-state index is 5.89. The molecule has 0 fully saturated rings. The first kappa shape index (κ1) is 16.7. The number of fused-ring (bicyclic) bond motifs is 3. The number of aryl methyl sites for hydroxylation is 1. The number of halogens is 1. The number of hydrogen-bond acceptors (Lipinski definition) is 5. The van der Waals surface area contributed by atoms with Crippen molar-refractivity contribution in [1.29, 1.82) is 0 Å². The summed E-state index contributed by atoms with van der Waals surface area (Å²) in [7, 11) is 0. The van der Waals surface area contributed by atoms with E-state index < -0.39 is 0 Å². The zero-order chi connectivity index (χ0) is 19.1. The molecule has 0 N–H and O–H groups in total. The zero-order valence-corrected chi connectivity index (χ0v) is 15.7. The van der Waals surface area contributed by atoms with E-state index in [1.54, 1.807) is 33.9 Å². The van der Waals surface area contributed by atoms with Gasteiger partial charge in [0.05, 0.1) is 17.3 Å². The van der Waals surface area contributed by atoms with Crippen LogP contribution in [-0.2, 0) is 6.61 Å². The normalized spacial score (nSPS) is 11.4. The smallest absolute Gasteiger partial charge is 0.189 e. The molecule has 0 aliphatic heterocycles. The van der Waals surface area contributed by atoms with Crippen LogP contribution in [0, 0.1) is 6.92 Å². The summed E-state index contributed by atoms with van der Waals surface area (Å²) in [5.41, 5.74) is 3.54. The Morgan fingerprint density at radius 3 is 2.75 bits per heavy atom. The van der Waals surface area contributed by atoms with Gasteiger partial charge >= 0.3 is 0 Å². The number of rotatable bonds is 4. The van der Waals surface area contributed by atoms with Crippen molar-refractivity contribution in [2.24, 2.45) is 0 Å². The summed E-state index contributed by atoms with van der Waals surface area (Å²) in [6.07, 6.45) is 3.41. The zero-order valence-electron chi connectivity index (χ0n) is 15.0. The lowest BCUT2D eigenvalue weighted by Crippen LogP contribution is -1.99. The highest BCUT2D eigenvalue weighted by molar-refractivity contribution is 6.30. The highest BCUT2D eigenvalue weighted by Crippen LogP contribution is 2.21. The van der Waals surface area contributed by atoms with Crippen molar-refractivity contribution < 1.29 is 4.74 Å². The lowest BCUT2D eigenvalue weighted by atomic mass is 10.2. The van der Waals surface area contributed by atoms with Gasteiger partial charge < -0.3 is 4.74 Å². The predicted molar refractivity (Wildman–Crippen MR) is 106 cm³/mol. The Kier molecular flexibility index (Phi) is 3.95. The molecule has 0 saturated heterocycles. The molecule has 0 aliphatic rings. The van der Waals surface area contributed by atoms with Crippen LogP contribution in [-0.4, -0.2) is 29.4 Å². The molecule has 0 bridgehead atoms. The van der Waals surface area contributed by atoms with Crippen LogP contribution < -0.4 is 4.74 Å². The summed E-state index contributed by atoms with van der Waals surface area (Å²) in [6.45, 7) is 2.29. The largest absolute Gasteiger partial charge is 0.486 e. The molecule has 7 nitrogen and oxygen atoms in total. The van der Waals surface area contributed by atoms with Gasteiger partial charge in [0, 0.05) is 5.02 Å². The Bertz CT molecular complexity index is 1290. The van der Waals surface area contributed by atoms with Crippen molar-refractivity contribution >= 4 is 28.3 Å². The monoisotopic (exact) mass is 390 g/mol. The number of benzene rings is 2. The Balaban J connectivity index is 1.49. The Morgan fingerprint density at radius 2 is 1.93 bits per heavy atom. The summed E-state index contributed by atoms with van der Waals surface area (Å²) in [5, 5.41) is 10.4. The van der Waals surface area contributed by atoms with Crippen molar-refractivity contribution in [3.05, 3.63) is 77.5 Å². The molecule has 0 amide bonds. The molecule has 0 atom stereocenters. The Morgan fingerprint density at radius 1 is 1.07 bits per heavy atom. The number of hydrogen-bond donors (Lipinski definition) is 0. The first-order valence-corrected chi connectivity index (χ1v) is 9.08. The van der Waals surface area contributed by atoms with Crippen LogP contribution in [0.2, 0.25) is 5.02 Å². The van der Waals surface area contributed by atoms with Gasteiger partial charge in [-0.1, -0.05) is 23.7 Å². The van der Waals surface area contributed by atoms with Crippen molar-refractivity contribution in [2.45, 2.75) is 13.5 Å². The predicted octanol–water partition coefficient (Wildman–Crippen LogP) is 4.00. The van der Waals surface area contributed by atoms with E-state index in [1.165, 1.54) is 0 Å². The maximum absolute atomic E-state index is 5.89. The molecule has 0 saturated carbocycles. The maximum Gasteiger partial charge on any atom is 0.189 e. The van der Waals surface area contributed by atoms with Gasteiger partial charge in [0.1, 0.15) is 18.7 Å². The van der Waals surface area contributed by atoms with Gasteiger partial charge in [0.2, 0.25) is 0 Å². The van der Waals surface area contributed by atoms with E-state index in [0.29, 0.717) is 22.2 Å². The van der Waals surface area contributed by atoms with Crippen molar-refractivity contribution in [3.8, 4) is 11.4 Å². The van der Waals surface area contributed by atoms with E-state index >= 15 is 0 Å². The van der Waals surface area contributed by atoms with E-state index in [1.807, 2.05) is 37.3 Å². The van der Waals surface area contributed by atoms with Gasteiger partial charge in [-0.15, -0.1) is 5.10 Å². The number of aromatic nitrogens is 6. The molecular formula is C20H15ClN6O. The fourth-order valence-electron chi connectivity index (χ4n) is 3.05. The third kappa shape index (κ3) is 2.95. The molecule has 0 unspecified atom stereocenters. The van der Waals surface area contributed by atoms with E-state index in [4.69, 9.17) is 16.3 Å². The summed E-state index contributed by atoms with van der Waals surface area (Å²) in [6, 6.07) is 15.3. The third-order valence-corrected chi connectivity index (χ3v) is 4.63. The second-order valence-corrected chi connectivity index (χ2v) is 6.85. The molecule has 0 aliphatic carbocycles. The minimum atomic E-state index is 0.247. The average molecular weight is 391 g/mol. The van der Waals surface area contributed by atoms with Gasteiger partial charge in [0.25, 0.3) is 0 Å². The Labute approximate surface area is 165 Å². The van der Waals surface area contributed by atoms with Crippen molar-refractivity contribution in [3.63, 3.8) is 0 Å². The van der Waals surface area contributed by atoms with E-state index in [2.05, 4.69) is 26.2 Å². The van der Waals surface area contributed by atoms with Crippen LogP contribution in [0.25, 0.3) is 22.4 Å². The van der Waals surface area contributed by atoms with Crippen LogP contribution in [0.15, 0.2) is 61.1 Å². The molecule has 0 spiro atoms. The van der Waals surface area contributed by atoms with E-state index in [0.717, 1.165) is 22.3 Å². The van der Waals surface area contributed by atoms with Crippen molar-refractivity contribution in [2.75, 3.05) is 0 Å². The third-order valence-electron chi connectivity index (χ3n) is 4.38. The molecule has 2 aromatic carbocycles. The quantitative estimate of drug-likeness (QED) is 0.464. The van der Waals surface area contributed by atoms with E-state index in [-0.39, 0.29) is 6.61 Å². The highest BCUT2D eigenvalue weighted by atomic mass is 35.5. The first-order chi connectivity index (χ1) is 13.7. The van der Waals surface area contributed by atoms with Crippen LogP contribution in [0.5, 0.6) is 5.75 Å². The van der Waals surface area contributed by atoms with Crippen LogP contribution >= 0.6 is 11.6 Å². The second kappa shape index (κ2) is 6.61. The van der Waals surface area contributed by atoms with Gasteiger partial charge in [-0.2, -0.15) is 5.10 Å². The second-order valence-electron chi connectivity index (χ2n) is 6.42. The van der Waals surface area contributed by atoms with Crippen LogP contribution in [0.4, 0.5) is 0 Å². The molecule has 138 valence electrons. The highest BCUT2D eigenvalue weighted by Gasteiger charge is 2.14. The van der Waals surface area contributed by atoms with Gasteiger partial charge in [-0.25, -0.2) is 19.2 Å². The molecular weight excluding hydrogens is 376 g/mol. The summed E-state index contributed by atoms with van der Waals surface area (Å²) in [4.78, 5) is 9.13. The minimum Gasteiger partial charge on any atom is -0.486 e. The number of ether oxygens (including phenoxy) is 1. The SMILES string of the molecule is Cc1cccc(-n2ncc3c2ncn2nc(COc4ccc(Cl)cc4)nc32)c1. The first-order valence-electron chi connectivity index (χ1n) is 8.71. The standard InChI is InChI=1S/C20H15ClN6O/c1-13-3-2-4-15(9-13)27-19-17(10-23-27)20-24-18(25-26(20)12-22-19)11-28-16-7-5-14(21)6-8-16/h2-10,12H,11H2,1H3. The topological polar surface area (TPSA) is 70.1 Å². The summed E-state index contributed by atoms with van der Waals surface area (Å²) < 4.78 is 9.19. The Hall–Kier alpha value is -3.45. The van der Waals surface area contributed by atoms with Crippen LogP contribution in [0.3, 0.4) is 0 Å². The van der Waals surface area contributed by atoms with Gasteiger partial charge in [0.15, 0.2) is 17.1 Å². The fraction of sp³-hybridized carbons (Fsp3) is 0.100. The summed E-state index contributed by atoms with van der Waals surface area (Å²) >= 11 is 5.89. The molecule has 3 aromatic heterocycles. The summed E-state index contributed by atoms with van der Waals surface area (Å²) in [5.74, 6) is 1.27. The average Bonchev–Trinajstić information content (AvgIpc) is 3.31. The lowest BCUT2D eigenvalue weighted by Gasteiger charge is -2.03. The molecule has 5 rings (SSSR count).